The Bertz CT molecular complexity index is 1750. The molecule has 6 rings (SSSR count). The van der Waals surface area contributed by atoms with Crippen molar-refractivity contribution in [3.05, 3.63) is 103 Å². The molecule has 0 unspecified atom stereocenters. The van der Waals surface area contributed by atoms with Crippen LogP contribution in [-0.2, 0) is 4.79 Å². The van der Waals surface area contributed by atoms with E-state index in [-0.39, 0.29) is 17.9 Å². The number of aromatic nitrogens is 4. The summed E-state index contributed by atoms with van der Waals surface area (Å²) in [4.78, 5) is 35.8. The molecule has 4 heterocycles. The standard InChI is InChI=1S/C32H30N8O2/c1-2-27(41)39-18-8-11-24(20-39)40-30-25(36-23-9-4-3-5-10-23)19-35-31(33)28(30)29(38-40)21-13-15-22(16-14-21)32(42)37-26-12-6-7-17-34-26/h2-7,9-10,12-17,19,24,36H,1,8,11,18,20H2,(H2,33,35)(H,34,37,42)/t24-/m1/s1. The lowest BCUT2D eigenvalue weighted by Crippen LogP contribution is -2.40. The van der Waals surface area contributed by atoms with Crippen LogP contribution in [0.2, 0.25) is 0 Å². The van der Waals surface area contributed by atoms with Crippen molar-refractivity contribution in [3.8, 4) is 11.3 Å². The number of para-hydroxylation sites is 1. The van der Waals surface area contributed by atoms with Gasteiger partial charge in [-0.05, 0) is 55.3 Å². The molecule has 4 N–H and O–H groups in total. The van der Waals surface area contributed by atoms with E-state index in [1.54, 1.807) is 41.6 Å². The number of piperidine rings is 1. The van der Waals surface area contributed by atoms with Gasteiger partial charge in [0.2, 0.25) is 5.91 Å². The highest BCUT2D eigenvalue weighted by atomic mass is 16.2. The number of nitrogens with two attached hydrogens (primary N) is 1. The zero-order valence-electron chi connectivity index (χ0n) is 22.9. The number of amides is 2. The molecule has 210 valence electrons. The number of nitrogens with one attached hydrogen (secondary N) is 2. The summed E-state index contributed by atoms with van der Waals surface area (Å²) in [5, 5.41) is 12.1. The Kier molecular flexibility index (Phi) is 7.33. The number of hydrogen-bond acceptors (Lipinski definition) is 7. The fourth-order valence-electron chi connectivity index (χ4n) is 5.32. The van der Waals surface area contributed by atoms with E-state index in [0.717, 1.165) is 35.3 Å². The van der Waals surface area contributed by atoms with E-state index < -0.39 is 0 Å². The van der Waals surface area contributed by atoms with Gasteiger partial charge in [0.25, 0.3) is 5.91 Å². The van der Waals surface area contributed by atoms with Crippen molar-refractivity contribution in [3.63, 3.8) is 0 Å². The number of carbonyl (C=O) groups is 2. The lowest BCUT2D eigenvalue weighted by atomic mass is 10.0. The van der Waals surface area contributed by atoms with Crippen LogP contribution in [0.4, 0.5) is 23.0 Å². The molecule has 42 heavy (non-hydrogen) atoms. The number of anilines is 4. The Labute approximate surface area is 242 Å². The van der Waals surface area contributed by atoms with Gasteiger partial charge in [-0.3, -0.25) is 14.3 Å². The smallest absolute Gasteiger partial charge is 0.256 e. The molecule has 2 amide bonds. The van der Waals surface area contributed by atoms with Crippen LogP contribution in [0.25, 0.3) is 22.2 Å². The van der Waals surface area contributed by atoms with Crippen LogP contribution < -0.4 is 16.4 Å². The van der Waals surface area contributed by atoms with Crippen LogP contribution in [0.1, 0.15) is 29.2 Å². The molecule has 0 aliphatic carbocycles. The van der Waals surface area contributed by atoms with Crippen LogP contribution in [0.15, 0.2) is 97.8 Å². The first-order valence-electron chi connectivity index (χ1n) is 13.7. The number of pyridine rings is 2. The van der Waals surface area contributed by atoms with Crippen LogP contribution in [-0.4, -0.2) is 49.6 Å². The topological polar surface area (TPSA) is 131 Å². The van der Waals surface area contributed by atoms with Gasteiger partial charge in [0.1, 0.15) is 17.3 Å². The van der Waals surface area contributed by atoms with Gasteiger partial charge in [0.15, 0.2) is 0 Å². The molecule has 3 aromatic heterocycles. The van der Waals surface area contributed by atoms with Gasteiger partial charge < -0.3 is 21.3 Å². The molecule has 10 nitrogen and oxygen atoms in total. The summed E-state index contributed by atoms with van der Waals surface area (Å²) in [5.41, 5.74) is 10.9. The van der Waals surface area contributed by atoms with Crippen molar-refractivity contribution in [1.29, 1.82) is 0 Å². The SMILES string of the molecule is C=CC(=O)N1CCC[C@@H](n2nc(-c3ccc(C(=O)Nc4ccccn4)cc3)c3c(N)ncc(Nc4ccccc4)c32)C1. The number of rotatable bonds is 7. The Balaban J connectivity index is 1.42. The number of benzene rings is 2. The highest BCUT2D eigenvalue weighted by molar-refractivity contribution is 6.07. The zero-order chi connectivity index (χ0) is 29.1. The maximum absolute atomic E-state index is 12.8. The molecule has 1 atom stereocenters. The minimum atomic E-state index is -0.264. The summed E-state index contributed by atoms with van der Waals surface area (Å²) in [5.74, 6) is 0.460. The lowest BCUT2D eigenvalue weighted by molar-refractivity contribution is -0.127. The van der Waals surface area contributed by atoms with Crippen molar-refractivity contribution in [2.45, 2.75) is 18.9 Å². The fraction of sp³-hybridized carbons (Fsp3) is 0.156. The second kappa shape index (κ2) is 11.5. The van der Waals surface area contributed by atoms with E-state index in [4.69, 9.17) is 10.8 Å². The second-order valence-electron chi connectivity index (χ2n) is 10.1. The highest BCUT2D eigenvalue weighted by Crippen LogP contribution is 2.39. The molecule has 0 radical (unpaired) electrons. The fourth-order valence-corrected chi connectivity index (χ4v) is 5.32. The molecular formula is C32H30N8O2. The number of likely N-dealkylation sites (tertiary alicyclic amines) is 1. The molecular weight excluding hydrogens is 528 g/mol. The second-order valence-corrected chi connectivity index (χ2v) is 10.1. The Morgan fingerprint density at radius 3 is 2.52 bits per heavy atom. The molecule has 1 fully saturated rings. The van der Waals surface area contributed by atoms with Gasteiger partial charge in [-0.15, -0.1) is 0 Å². The van der Waals surface area contributed by atoms with E-state index in [9.17, 15) is 9.59 Å². The Morgan fingerprint density at radius 1 is 1.00 bits per heavy atom. The molecule has 0 saturated carbocycles. The predicted octanol–water partition coefficient (Wildman–Crippen LogP) is 5.42. The first-order valence-corrected chi connectivity index (χ1v) is 13.7. The average Bonchev–Trinajstić information content (AvgIpc) is 3.45. The zero-order valence-corrected chi connectivity index (χ0v) is 22.9. The maximum Gasteiger partial charge on any atom is 0.256 e. The largest absolute Gasteiger partial charge is 0.383 e. The van der Waals surface area contributed by atoms with E-state index in [0.29, 0.717) is 41.4 Å². The van der Waals surface area contributed by atoms with Gasteiger partial charge in [0, 0.05) is 36.1 Å². The summed E-state index contributed by atoms with van der Waals surface area (Å²) < 4.78 is 1.97. The quantitative estimate of drug-likeness (QED) is 0.227. The average molecular weight is 559 g/mol. The maximum atomic E-state index is 12.8. The molecule has 0 spiro atoms. The molecule has 1 aliphatic rings. The van der Waals surface area contributed by atoms with Crippen LogP contribution in [0, 0.1) is 0 Å². The van der Waals surface area contributed by atoms with Gasteiger partial charge in [-0.1, -0.05) is 43.0 Å². The van der Waals surface area contributed by atoms with E-state index >= 15 is 0 Å². The molecule has 5 aromatic rings. The number of hydrogen-bond donors (Lipinski definition) is 3. The summed E-state index contributed by atoms with van der Waals surface area (Å²) in [6, 6.07) is 22.3. The minimum Gasteiger partial charge on any atom is -0.383 e. The normalized spacial score (nSPS) is 14.9. The van der Waals surface area contributed by atoms with Gasteiger partial charge in [0.05, 0.1) is 28.8 Å². The van der Waals surface area contributed by atoms with Crippen LogP contribution >= 0.6 is 0 Å². The van der Waals surface area contributed by atoms with Crippen molar-refractivity contribution in [2.75, 3.05) is 29.5 Å². The third-order valence-electron chi connectivity index (χ3n) is 7.36. The first-order chi connectivity index (χ1) is 20.5. The van der Waals surface area contributed by atoms with Gasteiger partial charge in [-0.25, -0.2) is 9.97 Å². The Morgan fingerprint density at radius 2 is 1.79 bits per heavy atom. The summed E-state index contributed by atoms with van der Waals surface area (Å²) in [6.45, 7) is 4.84. The van der Waals surface area contributed by atoms with Gasteiger partial charge in [-0.2, -0.15) is 5.10 Å². The van der Waals surface area contributed by atoms with Crippen LogP contribution in [0.3, 0.4) is 0 Å². The van der Waals surface area contributed by atoms with Crippen molar-refractivity contribution in [2.24, 2.45) is 0 Å². The molecule has 0 bridgehead atoms. The van der Waals surface area contributed by atoms with Crippen molar-refractivity contribution in [1.82, 2.24) is 24.6 Å². The van der Waals surface area contributed by atoms with E-state index in [1.165, 1.54) is 6.08 Å². The molecule has 1 saturated heterocycles. The van der Waals surface area contributed by atoms with Crippen LogP contribution in [0.5, 0.6) is 0 Å². The van der Waals surface area contributed by atoms with E-state index in [1.807, 2.05) is 53.2 Å². The number of fused-ring (bicyclic) bond motifs is 1. The summed E-state index contributed by atoms with van der Waals surface area (Å²) >= 11 is 0. The Hall–Kier alpha value is -5.51. The lowest BCUT2D eigenvalue weighted by Gasteiger charge is -2.32. The van der Waals surface area contributed by atoms with Crippen molar-refractivity contribution < 1.29 is 9.59 Å². The third-order valence-corrected chi connectivity index (χ3v) is 7.36. The summed E-state index contributed by atoms with van der Waals surface area (Å²) in [6.07, 6.45) is 6.37. The van der Waals surface area contributed by atoms with Gasteiger partial charge >= 0.3 is 0 Å². The molecule has 2 aromatic carbocycles. The molecule has 10 heteroatoms. The predicted molar refractivity (Wildman–Crippen MR) is 164 cm³/mol. The number of nitrogen functional groups attached to an aromatic ring is 1. The minimum absolute atomic E-state index is 0.0829. The third kappa shape index (κ3) is 5.29. The number of nitrogens with zero attached hydrogens (tertiary/aromatic N) is 5. The monoisotopic (exact) mass is 558 g/mol. The first kappa shape index (κ1) is 26.7. The van der Waals surface area contributed by atoms with Crippen molar-refractivity contribution >= 4 is 45.7 Å². The highest BCUT2D eigenvalue weighted by Gasteiger charge is 2.29. The van der Waals surface area contributed by atoms with E-state index in [2.05, 4.69) is 27.2 Å². The summed E-state index contributed by atoms with van der Waals surface area (Å²) in [7, 11) is 0. The number of carbonyl (C=O) groups excluding carboxylic acids is 2. The molecule has 1 aliphatic heterocycles.